The second kappa shape index (κ2) is 9.95. The molecule has 0 atom stereocenters. The number of aliphatic imine (C=N–C) groups is 1. The van der Waals surface area contributed by atoms with Gasteiger partial charge in [-0.3, -0.25) is 10.1 Å². The third-order valence-electron chi connectivity index (χ3n) is 4.81. The number of benzene rings is 3. The minimum Gasteiger partial charge on any atom is -0.490 e. The van der Waals surface area contributed by atoms with Gasteiger partial charge in [0.15, 0.2) is 17.2 Å². The van der Waals surface area contributed by atoms with Crippen LogP contribution in [0.5, 0.6) is 11.5 Å². The minimum atomic E-state index is -0.692. The fraction of sp³-hybridized carbons (Fsp3) is 0.120. The monoisotopic (exact) mass is 462 g/mol. The molecule has 3 aromatic carbocycles. The number of non-ortho nitro benzene ring substituents is 1. The van der Waals surface area contributed by atoms with E-state index < -0.39 is 16.7 Å². The van der Waals surface area contributed by atoms with E-state index in [4.69, 9.17) is 14.2 Å². The fourth-order valence-electron chi connectivity index (χ4n) is 3.24. The van der Waals surface area contributed by atoms with Gasteiger partial charge < -0.3 is 14.2 Å². The zero-order chi connectivity index (χ0) is 24.1. The van der Waals surface area contributed by atoms with Gasteiger partial charge in [-0.2, -0.15) is 0 Å². The van der Waals surface area contributed by atoms with E-state index >= 15 is 0 Å². The molecule has 0 saturated heterocycles. The summed E-state index contributed by atoms with van der Waals surface area (Å²) in [4.78, 5) is 26.9. The van der Waals surface area contributed by atoms with Crippen molar-refractivity contribution in [3.8, 4) is 11.5 Å². The molecule has 0 bridgehead atoms. The smallest absolute Gasteiger partial charge is 0.363 e. The predicted octanol–water partition coefficient (Wildman–Crippen LogP) is 5.06. The molecule has 9 heteroatoms. The van der Waals surface area contributed by atoms with Gasteiger partial charge in [0, 0.05) is 12.1 Å². The van der Waals surface area contributed by atoms with E-state index in [2.05, 4.69) is 4.99 Å². The average molecular weight is 462 g/mol. The van der Waals surface area contributed by atoms with Crippen LogP contribution in [0.4, 0.5) is 10.1 Å². The number of ether oxygens (including phenoxy) is 3. The third-order valence-corrected chi connectivity index (χ3v) is 4.81. The summed E-state index contributed by atoms with van der Waals surface area (Å²) in [5.74, 6) is -0.482. The van der Waals surface area contributed by atoms with Gasteiger partial charge >= 0.3 is 5.97 Å². The summed E-state index contributed by atoms with van der Waals surface area (Å²) >= 11 is 0. The molecule has 1 aliphatic rings. The molecular formula is C25H19FN2O6. The van der Waals surface area contributed by atoms with Gasteiger partial charge in [0.05, 0.1) is 17.1 Å². The van der Waals surface area contributed by atoms with Crippen LogP contribution in [0.3, 0.4) is 0 Å². The number of nitro groups is 1. The van der Waals surface area contributed by atoms with E-state index in [-0.39, 0.29) is 29.5 Å². The molecule has 0 amide bonds. The molecular weight excluding hydrogens is 443 g/mol. The number of nitro benzene ring substituents is 1. The lowest BCUT2D eigenvalue weighted by Gasteiger charge is -2.13. The van der Waals surface area contributed by atoms with Crippen molar-refractivity contribution < 1.29 is 28.3 Å². The number of cyclic esters (lactones) is 1. The zero-order valence-electron chi connectivity index (χ0n) is 18.1. The highest BCUT2D eigenvalue weighted by atomic mass is 19.1. The van der Waals surface area contributed by atoms with E-state index in [1.807, 2.05) is 6.92 Å². The Morgan fingerprint density at radius 1 is 1.06 bits per heavy atom. The quantitative estimate of drug-likeness (QED) is 0.201. The van der Waals surface area contributed by atoms with Crippen LogP contribution in [-0.2, 0) is 16.1 Å². The molecule has 8 nitrogen and oxygen atoms in total. The van der Waals surface area contributed by atoms with Gasteiger partial charge in [-0.05, 0) is 48.4 Å². The number of carbonyl (C=O) groups excluding carboxylic acids is 1. The lowest BCUT2D eigenvalue weighted by Crippen LogP contribution is -2.07. The van der Waals surface area contributed by atoms with Gasteiger partial charge in [-0.25, -0.2) is 14.2 Å². The molecule has 0 radical (unpaired) electrons. The van der Waals surface area contributed by atoms with Crippen molar-refractivity contribution in [3.05, 3.63) is 105 Å². The fourth-order valence-corrected chi connectivity index (χ4v) is 3.24. The van der Waals surface area contributed by atoms with Crippen LogP contribution in [-0.4, -0.2) is 23.4 Å². The Bertz CT molecular complexity index is 1320. The maximum Gasteiger partial charge on any atom is 0.363 e. The van der Waals surface area contributed by atoms with Gasteiger partial charge in [-0.15, -0.1) is 0 Å². The molecule has 0 saturated carbocycles. The number of nitrogens with zero attached hydrogens (tertiary/aromatic N) is 2. The summed E-state index contributed by atoms with van der Waals surface area (Å²) in [5, 5.41) is 11.0. The third kappa shape index (κ3) is 5.09. The average Bonchev–Trinajstić information content (AvgIpc) is 3.19. The standard InChI is InChI=1S/C25H19FN2O6/c1-2-32-23-14-16(10-11-22(23)33-15-17-6-5-7-18(12-17)28(30)31)13-21-25(29)34-24(27-21)19-8-3-4-9-20(19)26/h3-14H,2,15H2,1H3/b21-13-. The van der Waals surface area contributed by atoms with Crippen LogP contribution in [0.1, 0.15) is 23.6 Å². The lowest BCUT2D eigenvalue weighted by atomic mass is 10.1. The first-order valence-corrected chi connectivity index (χ1v) is 10.3. The van der Waals surface area contributed by atoms with Crippen LogP contribution in [0, 0.1) is 15.9 Å². The number of halogens is 1. The first-order chi connectivity index (χ1) is 16.4. The molecule has 0 spiro atoms. The Hall–Kier alpha value is -4.53. The zero-order valence-corrected chi connectivity index (χ0v) is 18.1. The van der Waals surface area contributed by atoms with E-state index in [1.54, 1.807) is 36.4 Å². The van der Waals surface area contributed by atoms with Gasteiger partial charge in [0.2, 0.25) is 5.90 Å². The topological polar surface area (TPSA) is 100 Å². The summed E-state index contributed by atoms with van der Waals surface area (Å²) in [7, 11) is 0. The summed E-state index contributed by atoms with van der Waals surface area (Å²) < 4.78 is 30.6. The van der Waals surface area contributed by atoms with Crippen LogP contribution in [0.25, 0.3) is 6.08 Å². The number of hydrogen-bond donors (Lipinski definition) is 0. The molecule has 0 N–H and O–H groups in total. The summed E-state index contributed by atoms with van der Waals surface area (Å²) in [6.07, 6.45) is 1.50. The SMILES string of the molecule is CCOc1cc(/C=C2\N=C(c3ccccc3F)OC2=O)ccc1OCc1cccc([N+](=O)[O-])c1. The van der Waals surface area contributed by atoms with Crippen molar-refractivity contribution in [2.45, 2.75) is 13.5 Å². The summed E-state index contributed by atoms with van der Waals surface area (Å²) in [6.45, 7) is 2.28. The Kier molecular flexibility index (Phi) is 6.63. The molecule has 0 fully saturated rings. The first kappa shape index (κ1) is 22.7. The van der Waals surface area contributed by atoms with Crippen molar-refractivity contribution >= 4 is 23.6 Å². The normalized spacial score (nSPS) is 14.0. The highest BCUT2D eigenvalue weighted by molar-refractivity contribution is 6.12. The van der Waals surface area contributed by atoms with Crippen molar-refractivity contribution in [2.75, 3.05) is 6.61 Å². The second-order valence-corrected chi connectivity index (χ2v) is 7.17. The Labute approximate surface area is 194 Å². The molecule has 0 unspecified atom stereocenters. The van der Waals surface area contributed by atoms with Crippen molar-refractivity contribution in [3.63, 3.8) is 0 Å². The second-order valence-electron chi connectivity index (χ2n) is 7.17. The molecule has 4 rings (SSSR count). The molecule has 1 aliphatic heterocycles. The molecule has 0 aliphatic carbocycles. The van der Waals surface area contributed by atoms with E-state index in [1.165, 1.54) is 36.4 Å². The van der Waals surface area contributed by atoms with Crippen molar-refractivity contribution in [1.82, 2.24) is 0 Å². The van der Waals surface area contributed by atoms with Crippen LogP contribution >= 0.6 is 0 Å². The maximum absolute atomic E-state index is 14.0. The van der Waals surface area contributed by atoms with Crippen LogP contribution in [0.15, 0.2) is 77.4 Å². The number of rotatable bonds is 8. The van der Waals surface area contributed by atoms with Crippen LogP contribution in [0.2, 0.25) is 0 Å². The van der Waals surface area contributed by atoms with Gasteiger partial charge in [0.1, 0.15) is 12.4 Å². The van der Waals surface area contributed by atoms with Crippen LogP contribution < -0.4 is 9.47 Å². The molecule has 3 aromatic rings. The predicted molar refractivity (Wildman–Crippen MR) is 122 cm³/mol. The van der Waals surface area contributed by atoms with E-state index in [9.17, 15) is 19.3 Å². The Morgan fingerprint density at radius 2 is 1.88 bits per heavy atom. The molecule has 172 valence electrons. The molecule has 34 heavy (non-hydrogen) atoms. The van der Waals surface area contributed by atoms with E-state index in [0.29, 0.717) is 29.2 Å². The van der Waals surface area contributed by atoms with Crippen molar-refractivity contribution in [2.24, 2.45) is 4.99 Å². The largest absolute Gasteiger partial charge is 0.490 e. The molecule has 0 aromatic heterocycles. The van der Waals surface area contributed by atoms with E-state index in [0.717, 1.165) is 0 Å². The summed E-state index contributed by atoms with van der Waals surface area (Å²) in [5.41, 5.74) is 1.32. The lowest BCUT2D eigenvalue weighted by molar-refractivity contribution is -0.384. The number of hydrogen-bond acceptors (Lipinski definition) is 7. The number of esters is 1. The highest BCUT2D eigenvalue weighted by Gasteiger charge is 2.26. The molecule has 1 heterocycles. The van der Waals surface area contributed by atoms with Crippen molar-refractivity contribution in [1.29, 1.82) is 0 Å². The maximum atomic E-state index is 14.0. The Morgan fingerprint density at radius 3 is 2.65 bits per heavy atom. The van der Waals surface area contributed by atoms with Gasteiger partial charge in [-0.1, -0.05) is 30.3 Å². The summed E-state index contributed by atoms with van der Waals surface area (Å²) in [6, 6.07) is 17.1. The minimum absolute atomic E-state index is 0.0194. The van der Waals surface area contributed by atoms with Gasteiger partial charge in [0.25, 0.3) is 5.69 Å². The Balaban J connectivity index is 1.56. The first-order valence-electron chi connectivity index (χ1n) is 10.3. The number of carbonyl (C=O) groups is 1. The highest BCUT2D eigenvalue weighted by Crippen LogP contribution is 2.31.